The minimum Gasteiger partial charge on any atom is -0.352 e. The molecule has 1 fully saturated rings. The normalized spacial score (nSPS) is 14.2. The van der Waals surface area contributed by atoms with E-state index in [1.807, 2.05) is 88.4 Å². The zero-order chi connectivity index (χ0) is 34.3. The van der Waals surface area contributed by atoms with Gasteiger partial charge in [0.2, 0.25) is 11.8 Å². The topological polar surface area (TPSA) is 86.8 Å². The maximum absolute atomic E-state index is 14.8. The summed E-state index contributed by atoms with van der Waals surface area (Å²) in [7, 11) is -4.16. The van der Waals surface area contributed by atoms with Crippen molar-refractivity contribution in [3.63, 3.8) is 0 Å². The lowest BCUT2D eigenvalue weighted by Crippen LogP contribution is -2.55. The number of aryl methyl sites for hydroxylation is 3. The molecule has 0 aromatic heterocycles. The Labute approximate surface area is 286 Å². The second-order valence-electron chi connectivity index (χ2n) is 13.0. The monoisotopic (exact) mass is 665 g/mol. The molecular weight excluding hydrogens is 619 g/mol. The number of rotatable bonds is 12. The molecule has 0 saturated heterocycles. The van der Waals surface area contributed by atoms with Gasteiger partial charge < -0.3 is 10.2 Å². The zero-order valence-corrected chi connectivity index (χ0v) is 29.3. The molecule has 1 atom stereocenters. The van der Waals surface area contributed by atoms with E-state index in [4.69, 9.17) is 0 Å². The summed E-state index contributed by atoms with van der Waals surface area (Å²) in [5.74, 6) is -0.665. The quantitative estimate of drug-likeness (QED) is 0.173. The molecular formula is C40H47N3O4S. The van der Waals surface area contributed by atoms with E-state index < -0.39 is 28.5 Å². The van der Waals surface area contributed by atoms with Crippen LogP contribution in [0.3, 0.4) is 0 Å². The third-order valence-electron chi connectivity index (χ3n) is 9.56. The molecule has 252 valence electrons. The van der Waals surface area contributed by atoms with Crippen LogP contribution in [0.1, 0.15) is 65.5 Å². The van der Waals surface area contributed by atoms with Gasteiger partial charge in [-0.3, -0.25) is 13.9 Å². The van der Waals surface area contributed by atoms with Gasteiger partial charge in [-0.1, -0.05) is 104 Å². The first-order valence-corrected chi connectivity index (χ1v) is 18.3. The number of nitrogens with zero attached hydrogens (tertiary/aromatic N) is 2. The van der Waals surface area contributed by atoms with Crippen LogP contribution in [0, 0.1) is 27.7 Å². The van der Waals surface area contributed by atoms with Crippen molar-refractivity contribution in [3.8, 4) is 0 Å². The molecule has 1 aliphatic rings. The summed E-state index contributed by atoms with van der Waals surface area (Å²) < 4.78 is 30.0. The lowest BCUT2D eigenvalue weighted by Gasteiger charge is -2.35. The van der Waals surface area contributed by atoms with E-state index in [0.717, 1.165) is 65.5 Å². The largest absolute Gasteiger partial charge is 0.352 e. The third kappa shape index (κ3) is 8.34. The van der Waals surface area contributed by atoms with Gasteiger partial charge in [-0.2, -0.15) is 0 Å². The molecule has 0 spiro atoms. The first kappa shape index (κ1) is 34.9. The molecule has 1 aliphatic carbocycles. The van der Waals surface area contributed by atoms with E-state index in [0.29, 0.717) is 12.1 Å². The van der Waals surface area contributed by atoms with Gasteiger partial charge in [0.25, 0.3) is 10.0 Å². The molecule has 0 radical (unpaired) electrons. The Morgan fingerprint density at radius 2 is 1.42 bits per heavy atom. The lowest BCUT2D eigenvalue weighted by atomic mass is 9.94. The predicted molar refractivity (Wildman–Crippen MR) is 192 cm³/mol. The highest BCUT2D eigenvalue weighted by atomic mass is 32.2. The maximum Gasteiger partial charge on any atom is 0.264 e. The van der Waals surface area contributed by atoms with Crippen LogP contribution in [0.15, 0.2) is 102 Å². The standard InChI is InChI=1S/C40H47N3O4S/c1-29-22-24-36(25-23-29)48(46,47)43(37-21-13-15-30(2)32(37)4)28-39(44)42(27-34-18-12-11-14-31(34)3)38(26-33-16-7-5-8-17-33)40(45)41-35-19-9-6-10-20-35/h5,7-8,11-18,21-25,35,38H,6,9-10,19-20,26-28H2,1-4H3,(H,41,45). The lowest BCUT2D eigenvalue weighted by molar-refractivity contribution is -0.140. The van der Waals surface area contributed by atoms with Crippen LogP contribution in [0.4, 0.5) is 5.69 Å². The van der Waals surface area contributed by atoms with E-state index in [-0.39, 0.29) is 23.4 Å². The van der Waals surface area contributed by atoms with Gasteiger partial charge in [-0.15, -0.1) is 0 Å². The second-order valence-corrected chi connectivity index (χ2v) is 14.9. The summed E-state index contributed by atoms with van der Waals surface area (Å²) in [4.78, 5) is 30.8. The van der Waals surface area contributed by atoms with Crippen molar-refractivity contribution in [1.29, 1.82) is 0 Å². The maximum atomic E-state index is 14.8. The first-order valence-electron chi connectivity index (χ1n) is 16.9. The van der Waals surface area contributed by atoms with Crippen molar-refractivity contribution >= 4 is 27.5 Å². The summed E-state index contributed by atoms with van der Waals surface area (Å²) in [5, 5.41) is 3.27. The second kappa shape index (κ2) is 15.6. The fraction of sp³-hybridized carbons (Fsp3) is 0.350. The minimum absolute atomic E-state index is 0.0493. The third-order valence-corrected chi connectivity index (χ3v) is 11.3. The molecule has 0 bridgehead atoms. The van der Waals surface area contributed by atoms with E-state index >= 15 is 0 Å². The smallest absolute Gasteiger partial charge is 0.264 e. The Morgan fingerprint density at radius 3 is 2.10 bits per heavy atom. The van der Waals surface area contributed by atoms with Crippen molar-refractivity contribution < 1.29 is 18.0 Å². The van der Waals surface area contributed by atoms with Crippen molar-refractivity contribution in [2.24, 2.45) is 0 Å². The van der Waals surface area contributed by atoms with E-state index in [9.17, 15) is 18.0 Å². The predicted octanol–water partition coefficient (Wildman–Crippen LogP) is 7.20. The summed E-state index contributed by atoms with van der Waals surface area (Å²) >= 11 is 0. The first-order chi connectivity index (χ1) is 23.0. The van der Waals surface area contributed by atoms with Crippen LogP contribution in [-0.4, -0.2) is 43.8 Å². The van der Waals surface area contributed by atoms with Gasteiger partial charge in [-0.25, -0.2) is 8.42 Å². The number of benzene rings is 4. The molecule has 1 saturated carbocycles. The molecule has 5 rings (SSSR count). The molecule has 48 heavy (non-hydrogen) atoms. The number of hydrogen-bond acceptors (Lipinski definition) is 4. The molecule has 1 N–H and O–H groups in total. The fourth-order valence-corrected chi connectivity index (χ4v) is 7.90. The van der Waals surface area contributed by atoms with Crippen LogP contribution in [0.5, 0.6) is 0 Å². The van der Waals surface area contributed by atoms with E-state index in [1.54, 1.807) is 41.3 Å². The number of anilines is 1. The van der Waals surface area contributed by atoms with Gasteiger partial charge >= 0.3 is 0 Å². The highest BCUT2D eigenvalue weighted by Gasteiger charge is 2.36. The average molecular weight is 666 g/mol. The van der Waals surface area contributed by atoms with Crippen LogP contribution in [-0.2, 0) is 32.6 Å². The Kier molecular flexibility index (Phi) is 11.4. The number of nitrogens with one attached hydrogen (secondary N) is 1. The highest BCUT2D eigenvalue weighted by Crippen LogP contribution is 2.30. The van der Waals surface area contributed by atoms with E-state index in [2.05, 4.69) is 5.32 Å². The molecule has 4 aromatic carbocycles. The number of carbonyl (C=O) groups excluding carboxylic acids is 2. The molecule has 7 nitrogen and oxygen atoms in total. The summed E-state index contributed by atoms with van der Waals surface area (Å²) in [5.41, 5.74) is 5.85. The molecule has 2 amide bonds. The zero-order valence-electron chi connectivity index (χ0n) is 28.5. The Morgan fingerprint density at radius 1 is 0.771 bits per heavy atom. The minimum atomic E-state index is -4.16. The average Bonchev–Trinajstić information content (AvgIpc) is 3.08. The molecule has 8 heteroatoms. The number of carbonyl (C=O) groups is 2. The van der Waals surface area contributed by atoms with Crippen LogP contribution in [0.25, 0.3) is 0 Å². The summed E-state index contributed by atoms with van der Waals surface area (Å²) in [6.07, 6.45) is 5.38. The van der Waals surface area contributed by atoms with Crippen LogP contribution in [0.2, 0.25) is 0 Å². The Balaban J connectivity index is 1.59. The Hall–Kier alpha value is -4.43. The van der Waals surface area contributed by atoms with Crippen molar-refractivity contribution in [2.75, 3.05) is 10.8 Å². The van der Waals surface area contributed by atoms with Crippen LogP contribution >= 0.6 is 0 Å². The van der Waals surface area contributed by atoms with Gasteiger partial charge in [0.1, 0.15) is 12.6 Å². The SMILES string of the molecule is Cc1ccc(S(=O)(=O)N(CC(=O)N(Cc2ccccc2C)C(Cc2ccccc2)C(=O)NC2CCCCC2)c2cccc(C)c2C)cc1. The van der Waals surface area contributed by atoms with Crippen LogP contribution < -0.4 is 9.62 Å². The van der Waals surface area contributed by atoms with Gasteiger partial charge in [0.05, 0.1) is 10.6 Å². The number of sulfonamides is 1. The van der Waals surface area contributed by atoms with E-state index in [1.165, 1.54) is 4.31 Å². The van der Waals surface area contributed by atoms with Crippen molar-refractivity contribution in [2.45, 2.75) is 89.7 Å². The summed E-state index contributed by atoms with van der Waals surface area (Å²) in [6.45, 7) is 7.37. The van der Waals surface area contributed by atoms with Gasteiger partial charge in [0, 0.05) is 19.0 Å². The molecule has 4 aromatic rings. The number of amides is 2. The summed E-state index contributed by atoms with van der Waals surface area (Å²) in [6, 6.07) is 28.8. The fourth-order valence-electron chi connectivity index (χ4n) is 6.43. The number of hydrogen-bond donors (Lipinski definition) is 1. The molecule has 0 heterocycles. The Bertz CT molecular complexity index is 1820. The highest BCUT2D eigenvalue weighted by molar-refractivity contribution is 7.92. The molecule has 0 aliphatic heterocycles. The van der Waals surface area contributed by atoms with Gasteiger partial charge in [-0.05, 0) is 86.6 Å². The van der Waals surface area contributed by atoms with Gasteiger partial charge in [0.15, 0.2) is 0 Å². The van der Waals surface area contributed by atoms with Crippen molar-refractivity contribution in [3.05, 3.63) is 130 Å². The molecule has 1 unspecified atom stereocenters. The van der Waals surface area contributed by atoms with Crippen molar-refractivity contribution in [1.82, 2.24) is 10.2 Å².